The molecule has 54 heavy (non-hydrogen) atoms. The molecule has 2 aromatic rings. The van der Waals surface area contributed by atoms with E-state index in [1.54, 1.807) is 36.4 Å². The molecule has 2 aromatic carbocycles. The summed E-state index contributed by atoms with van der Waals surface area (Å²) in [4.78, 5) is 53.0. The number of rotatable bonds is 26. The average molecular weight is 749 g/mol. The van der Waals surface area contributed by atoms with Crippen LogP contribution in [0.1, 0.15) is 169 Å². The second-order valence-corrected chi connectivity index (χ2v) is 14.5. The van der Waals surface area contributed by atoms with Crippen molar-refractivity contribution in [2.24, 2.45) is 23.7 Å². The van der Waals surface area contributed by atoms with E-state index >= 15 is 0 Å². The molecule has 0 aliphatic heterocycles. The van der Waals surface area contributed by atoms with Gasteiger partial charge < -0.3 is 18.9 Å². The van der Waals surface area contributed by atoms with Crippen molar-refractivity contribution in [1.29, 1.82) is 0 Å². The summed E-state index contributed by atoms with van der Waals surface area (Å²) in [7, 11) is 0. The van der Waals surface area contributed by atoms with E-state index in [0.29, 0.717) is 48.3 Å². The molecule has 2 rings (SSSR count). The molecular formula is C46H68O8. The Morgan fingerprint density at radius 1 is 0.444 bits per heavy atom. The molecule has 0 aliphatic carbocycles. The maximum atomic E-state index is 13.4. The van der Waals surface area contributed by atoms with E-state index < -0.39 is 0 Å². The highest BCUT2D eigenvalue weighted by Crippen LogP contribution is 2.33. The zero-order valence-electron chi connectivity index (χ0n) is 34.5. The van der Waals surface area contributed by atoms with Gasteiger partial charge in [0.2, 0.25) is 0 Å². The van der Waals surface area contributed by atoms with E-state index in [9.17, 15) is 19.2 Å². The highest BCUT2D eigenvalue weighted by atomic mass is 16.6. The molecule has 0 saturated carbocycles. The minimum atomic E-state index is -0.350. The molecule has 0 radical (unpaired) electrons. The van der Waals surface area contributed by atoms with Crippen LogP contribution in [0, 0.1) is 23.7 Å². The zero-order chi connectivity index (χ0) is 39.9. The molecule has 0 aliphatic rings. The molecule has 0 amide bonds. The summed E-state index contributed by atoms with van der Waals surface area (Å²) in [6, 6.07) is 10.2. The van der Waals surface area contributed by atoms with Crippen molar-refractivity contribution in [3.63, 3.8) is 0 Å². The molecule has 4 unspecified atom stereocenters. The van der Waals surface area contributed by atoms with Crippen molar-refractivity contribution in [2.75, 3.05) is 0 Å². The maximum Gasteiger partial charge on any atom is 0.314 e. The third-order valence-electron chi connectivity index (χ3n) is 10.1. The molecule has 0 heterocycles. The Morgan fingerprint density at radius 3 is 1.17 bits per heavy atom. The number of hydrogen-bond donors (Lipinski definition) is 0. The lowest BCUT2D eigenvalue weighted by Gasteiger charge is -2.18. The Morgan fingerprint density at radius 2 is 0.796 bits per heavy atom. The number of carbonyl (C=O) groups excluding carboxylic acids is 4. The number of esters is 4. The Hall–Kier alpha value is -3.94. The van der Waals surface area contributed by atoms with Gasteiger partial charge in [0, 0.05) is 6.07 Å². The minimum Gasteiger partial charge on any atom is -0.426 e. The van der Waals surface area contributed by atoms with Gasteiger partial charge in [-0.1, -0.05) is 125 Å². The topological polar surface area (TPSA) is 105 Å². The van der Waals surface area contributed by atoms with Gasteiger partial charge in [0.25, 0.3) is 0 Å². The van der Waals surface area contributed by atoms with Crippen LogP contribution in [0.5, 0.6) is 23.0 Å². The highest BCUT2D eigenvalue weighted by Gasteiger charge is 2.25. The molecule has 0 N–H and O–H groups in total. The fraction of sp³-hybridized carbons (Fsp3) is 0.609. The quantitative estimate of drug-likeness (QED) is 0.0532. The van der Waals surface area contributed by atoms with Crippen molar-refractivity contribution in [1.82, 2.24) is 0 Å². The number of ether oxygens (including phenoxy) is 4. The number of hydrogen-bond acceptors (Lipinski definition) is 8. The molecule has 8 heteroatoms. The molecular weight excluding hydrogens is 680 g/mol. The van der Waals surface area contributed by atoms with Crippen LogP contribution < -0.4 is 18.9 Å². The van der Waals surface area contributed by atoms with Crippen molar-refractivity contribution in [3.8, 4) is 23.0 Å². The largest absolute Gasteiger partial charge is 0.426 e. The first-order valence-electron chi connectivity index (χ1n) is 20.9. The van der Waals surface area contributed by atoms with Crippen LogP contribution in [0.25, 0.3) is 12.2 Å². The lowest BCUT2D eigenvalue weighted by atomic mass is 9.99. The van der Waals surface area contributed by atoms with Gasteiger partial charge in [-0.15, -0.1) is 0 Å². The summed E-state index contributed by atoms with van der Waals surface area (Å²) >= 11 is 0. The monoisotopic (exact) mass is 748 g/mol. The smallest absolute Gasteiger partial charge is 0.314 e. The Labute approximate surface area is 325 Å². The van der Waals surface area contributed by atoms with Gasteiger partial charge in [-0.25, -0.2) is 0 Å². The standard InChI is InChI=1S/C46H68O8/c1-9-17-21-35(13-5)43(47)51-39-29-34(30-40(32-39)52-44(48)36(14-6)22-18-10-2)26-25-33-27-28-41(53-45(49)37(15-7)23-19-11-3)42(31-33)54-46(50)38(16-8)24-20-12-4/h25-32,35-38H,9-24H2,1-8H3. The van der Waals surface area contributed by atoms with Gasteiger partial charge in [0.1, 0.15) is 11.5 Å². The van der Waals surface area contributed by atoms with E-state index in [-0.39, 0.29) is 59.0 Å². The van der Waals surface area contributed by atoms with Crippen LogP contribution in [0.3, 0.4) is 0 Å². The fourth-order valence-corrected chi connectivity index (χ4v) is 6.33. The summed E-state index contributed by atoms with van der Waals surface area (Å²) in [6.07, 6.45) is 16.9. The summed E-state index contributed by atoms with van der Waals surface area (Å²) in [5.41, 5.74) is 1.34. The van der Waals surface area contributed by atoms with Crippen LogP contribution in [-0.2, 0) is 19.2 Å². The summed E-state index contributed by atoms with van der Waals surface area (Å²) in [5, 5.41) is 0. The van der Waals surface area contributed by atoms with Crippen LogP contribution in [0.2, 0.25) is 0 Å². The third-order valence-corrected chi connectivity index (χ3v) is 10.1. The number of unbranched alkanes of at least 4 members (excludes halogenated alkanes) is 4. The number of benzene rings is 2. The van der Waals surface area contributed by atoms with E-state index in [0.717, 1.165) is 77.0 Å². The highest BCUT2D eigenvalue weighted by molar-refractivity contribution is 5.81. The first kappa shape index (κ1) is 46.2. The lowest BCUT2D eigenvalue weighted by Crippen LogP contribution is -2.22. The molecule has 0 fully saturated rings. The average Bonchev–Trinajstić information content (AvgIpc) is 3.16. The van der Waals surface area contributed by atoms with Crippen molar-refractivity contribution in [3.05, 3.63) is 47.5 Å². The van der Waals surface area contributed by atoms with Crippen LogP contribution >= 0.6 is 0 Å². The van der Waals surface area contributed by atoms with E-state index in [2.05, 4.69) is 27.7 Å². The maximum absolute atomic E-state index is 13.4. The first-order chi connectivity index (χ1) is 26.1. The second-order valence-electron chi connectivity index (χ2n) is 14.5. The van der Waals surface area contributed by atoms with Crippen LogP contribution in [0.4, 0.5) is 0 Å². The van der Waals surface area contributed by atoms with Gasteiger partial charge in [-0.3, -0.25) is 19.2 Å². The van der Waals surface area contributed by atoms with Crippen molar-refractivity contribution in [2.45, 2.75) is 158 Å². The van der Waals surface area contributed by atoms with Crippen molar-refractivity contribution >= 4 is 36.0 Å². The van der Waals surface area contributed by atoms with Crippen LogP contribution in [-0.4, -0.2) is 23.9 Å². The molecule has 0 bridgehead atoms. The summed E-state index contributed by atoms with van der Waals surface area (Å²) in [5.74, 6) is -1.28. The fourth-order valence-electron chi connectivity index (χ4n) is 6.33. The van der Waals surface area contributed by atoms with E-state index in [1.807, 2.05) is 39.8 Å². The molecule has 4 atom stereocenters. The Kier molecular flexibility index (Phi) is 22.2. The Balaban J connectivity index is 2.53. The molecule has 0 aromatic heterocycles. The summed E-state index contributed by atoms with van der Waals surface area (Å²) in [6.45, 7) is 16.3. The predicted octanol–water partition coefficient (Wildman–Crippen LogP) is 12.3. The molecule has 0 spiro atoms. The van der Waals surface area contributed by atoms with Gasteiger partial charge in [0.15, 0.2) is 11.5 Å². The molecule has 8 nitrogen and oxygen atoms in total. The van der Waals surface area contributed by atoms with Crippen molar-refractivity contribution < 1.29 is 38.1 Å². The molecule has 0 saturated heterocycles. The van der Waals surface area contributed by atoms with Gasteiger partial charge in [0.05, 0.1) is 23.7 Å². The van der Waals surface area contributed by atoms with E-state index in [1.165, 1.54) is 0 Å². The van der Waals surface area contributed by atoms with Gasteiger partial charge in [-0.2, -0.15) is 0 Å². The number of carbonyl (C=O) groups is 4. The summed E-state index contributed by atoms with van der Waals surface area (Å²) < 4.78 is 23.6. The predicted molar refractivity (Wildman–Crippen MR) is 218 cm³/mol. The lowest BCUT2D eigenvalue weighted by molar-refractivity contribution is -0.142. The Bertz CT molecular complexity index is 1430. The van der Waals surface area contributed by atoms with Crippen LogP contribution in [0.15, 0.2) is 36.4 Å². The minimum absolute atomic E-state index is 0.184. The second kappa shape index (κ2) is 26.0. The molecule has 300 valence electrons. The van der Waals surface area contributed by atoms with Gasteiger partial charge in [-0.05, 0) is 86.8 Å². The normalized spacial score (nSPS) is 13.6. The van der Waals surface area contributed by atoms with E-state index in [4.69, 9.17) is 18.9 Å². The zero-order valence-corrected chi connectivity index (χ0v) is 34.5. The first-order valence-corrected chi connectivity index (χ1v) is 20.9. The van der Waals surface area contributed by atoms with Gasteiger partial charge >= 0.3 is 23.9 Å². The third kappa shape index (κ3) is 15.8. The SMILES string of the molecule is CCCCC(CC)C(=O)Oc1cc(C=Cc2ccc(OC(=O)C(CC)CCCC)c(OC(=O)C(CC)CCCC)c2)cc(OC(=O)C(CC)CCCC)c1.